The largest absolute Gasteiger partial charge is 0.494 e. The number of benzene rings is 2. The maximum absolute atomic E-state index is 13.6. The van der Waals surface area contributed by atoms with Crippen molar-refractivity contribution in [2.24, 2.45) is 5.73 Å². The summed E-state index contributed by atoms with van der Waals surface area (Å²) in [7, 11) is 1.40. The van der Waals surface area contributed by atoms with Gasteiger partial charge >= 0.3 is 0 Å². The third-order valence-electron chi connectivity index (χ3n) is 3.04. The summed E-state index contributed by atoms with van der Waals surface area (Å²) in [5.74, 6) is -0.793. The first-order chi connectivity index (χ1) is 9.51. The number of nitrogens with two attached hydrogens (primary N) is 1. The zero-order valence-corrected chi connectivity index (χ0v) is 11.6. The second-order valence-electron chi connectivity index (χ2n) is 4.45. The predicted octanol–water partition coefficient (Wildman–Crippen LogP) is 3.87. The van der Waals surface area contributed by atoms with Gasteiger partial charge in [0, 0.05) is 6.04 Å². The molecule has 2 aromatic rings. The molecule has 0 aliphatic heterocycles. The SMILES string of the molecule is COc1ccc(C(N)Cc2ccc(Cl)c(F)c2)cc1F. The Hall–Kier alpha value is -1.65. The molecule has 2 aromatic carbocycles. The Morgan fingerprint density at radius 1 is 1.15 bits per heavy atom. The van der Waals surface area contributed by atoms with E-state index < -0.39 is 17.7 Å². The van der Waals surface area contributed by atoms with Gasteiger partial charge in [-0.15, -0.1) is 0 Å². The van der Waals surface area contributed by atoms with Crippen LogP contribution in [0, 0.1) is 11.6 Å². The van der Waals surface area contributed by atoms with Crippen LogP contribution < -0.4 is 10.5 Å². The van der Waals surface area contributed by atoms with Crippen molar-refractivity contribution in [1.29, 1.82) is 0 Å². The maximum atomic E-state index is 13.6. The standard InChI is InChI=1S/C15H14ClF2NO/c1-20-15-5-3-10(8-13(15)18)14(19)7-9-2-4-11(16)12(17)6-9/h2-6,8,14H,7,19H2,1H3. The maximum Gasteiger partial charge on any atom is 0.165 e. The molecule has 0 spiro atoms. The van der Waals surface area contributed by atoms with E-state index in [1.54, 1.807) is 12.1 Å². The highest BCUT2D eigenvalue weighted by Crippen LogP contribution is 2.24. The fourth-order valence-corrected chi connectivity index (χ4v) is 2.07. The van der Waals surface area contributed by atoms with Gasteiger partial charge < -0.3 is 10.5 Å². The Balaban J connectivity index is 2.17. The first kappa shape index (κ1) is 14.8. The molecule has 0 heterocycles. The number of halogens is 3. The van der Waals surface area contributed by atoms with Gasteiger partial charge in [0.25, 0.3) is 0 Å². The molecule has 0 saturated carbocycles. The van der Waals surface area contributed by atoms with Crippen LogP contribution in [0.1, 0.15) is 17.2 Å². The van der Waals surface area contributed by atoms with Crippen LogP contribution in [0.4, 0.5) is 8.78 Å². The molecule has 20 heavy (non-hydrogen) atoms. The van der Waals surface area contributed by atoms with Crippen LogP contribution in [-0.4, -0.2) is 7.11 Å². The molecule has 106 valence electrons. The van der Waals surface area contributed by atoms with Crippen molar-refractivity contribution in [3.05, 3.63) is 64.2 Å². The number of hydrogen-bond acceptors (Lipinski definition) is 2. The molecule has 0 aliphatic rings. The minimum atomic E-state index is -0.489. The Morgan fingerprint density at radius 3 is 2.50 bits per heavy atom. The van der Waals surface area contributed by atoms with E-state index in [1.165, 1.54) is 31.4 Å². The fourth-order valence-electron chi connectivity index (χ4n) is 1.95. The summed E-state index contributed by atoms with van der Waals surface area (Å²) in [5, 5.41) is 0.0674. The molecular formula is C15H14ClF2NO. The molecule has 0 aromatic heterocycles. The molecule has 0 amide bonds. The average molecular weight is 298 g/mol. The van der Waals surface area contributed by atoms with Gasteiger partial charge in [-0.3, -0.25) is 0 Å². The van der Waals surface area contributed by atoms with Crippen molar-refractivity contribution < 1.29 is 13.5 Å². The van der Waals surface area contributed by atoms with E-state index in [1.807, 2.05) is 0 Å². The van der Waals surface area contributed by atoms with Gasteiger partial charge in [-0.05, 0) is 41.8 Å². The van der Waals surface area contributed by atoms with E-state index in [4.69, 9.17) is 22.1 Å². The van der Waals surface area contributed by atoms with Gasteiger partial charge in [0.05, 0.1) is 12.1 Å². The van der Waals surface area contributed by atoms with E-state index in [2.05, 4.69) is 0 Å². The first-order valence-corrected chi connectivity index (χ1v) is 6.42. The van der Waals surface area contributed by atoms with E-state index in [-0.39, 0.29) is 10.8 Å². The van der Waals surface area contributed by atoms with Crippen molar-refractivity contribution in [1.82, 2.24) is 0 Å². The Morgan fingerprint density at radius 2 is 1.90 bits per heavy atom. The lowest BCUT2D eigenvalue weighted by Gasteiger charge is -2.13. The lowest BCUT2D eigenvalue weighted by Crippen LogP contribution is -2.13. The number of rotatable bonds is 4. The fraction of sp³-hybridized carbons (Fsp3) is 0.200. The molecule has 2 nitrogen and oxygen atoms in total. The highest BCUT2D eigenvalue weighted by atomic mass is 35.5. The minimum absolute atomic E-state index is 0.0674. The molecule has 0 bridgehead atoms. The normalized spacial score (nSPS) is 12.2. The number of hydrogen-bond donors (Lipinski definition) is 1. The number of ether oxygens (including phenoxy) is 1. The molecule has 1 unspecified atom stereocenters. The van der Waals surface area contributed by atoms with Crippen molar-refractivity contribution in [3.63, 3.8) is 0 Å². The van der Waals surface area contributed by atoms with E-state index in [0.29, 0.717) is 17.5 Å². The summed E-state index contributed by atoms with van der Waals surface area (Å²) in [6, 6.07) is 8.62. The molecule has 0 radical (unpaired) electrons. The number of methoxy groups -OCH3 is 1. The van der Waals surface area contributed by atoms with Crippen molar-refractivity contribution in [3.8, 4) is 5.75 Å². The van der Waals surface area contributed by atoms with E-state index >= 15 is 0 Å². The smallest absolute Gasteiger partial charge is 0.165 e. The summed E-state index contributed by atoms with van der Waals surface area (Å²) < 4.78 is 31.8. The van der Waals surface area contributed by atoms with Gasteiger partial charge in [-0.2, -0.15) is 0 Å². The van der Waals surface area contributed by atoms with Gasteiger partial charge in [-0.25, -0.2) is 8.78 Å². The van der Waals surface area contributed by atoms with Crippen LogP contribution in [0.25, 0.3) is 0 Å². The molecule has 2 N–H and O–H groups in total. The molecule has 5 heteroatoms. The zero-order valence-electron chi connectivity index (χ0n) is 10.9. The third-order valence-corrected chi connectivity index (χ3v) is 3.35. The van der Waals surface area contributed by atoms with Gasteiger partial charge in [0.2, 0.25) is 0 Å². The second-order valence-corrected chi connectivity index (χ2v) is 4.86. The van der Waals surface area contributed by atoms with Gasteiger partial charge in [0.1, 0.15) is 5.82 Å². The lowest BCUT2D eigenvalue weighted by molar-refractivity contribution is 0.386. The second kappa shape index (κ2) is 6.20. The van der Waals surface area contributed by atoms with E-state index in [0.717, 1.165) is 0 Å². The zero-order chi connectivity index (χ0) is 14.7. The van der Waals surface area contributed by atoms with E-state index in [9.17, 15) is 8.78 Å². The third kappa shape index (κ3) is 3.26. The summed E-state index contributed by atoms with van der Waals surface area (Å²) in [4.78, 5) is 0. The van der Waals surface area contributed by atoms with Crippen molar-refractivity contribution in [2.45, 2.75) is 12.5 Å². The molecular weight excluding hydrogens is 284 g/mol. The molecule has 0 fully saturated rings. The van der Waals surface area contributed by atoms with Crippen LogP contribution in [0.5, 0.6) is 5.75 Å². The summed E-state index contributed by atoms with van der Waals surface area (Å²) >= 11 is 5.62. The van der Waals surface area contributed by atoms with Gasteiger partial charge in [0.15, 0.2) is 11.6 Å². The Bertz CT molecular complexity index is 619. The highest BCUT2D eigenvalue weighted by molar-refractivity contribution is 6.30. The van der Waals surface area contributed by atoms with Crippen LogP contribution in [-0.2, 0) is 6.42 Å². The van der Waals surface area contributed by atoms with Crippen LogP contribution in [0.3, 0.4) is 0 Å². The van der Waals surface area contributed by atoms with Crippen molar-refractivity contribution in [2.75, 3.05) is 7.11 Å². The monoisotopic (exact) mass is 297 g/mol. The minimum Gasteiger partial charge on any atom is -0.494 e. The topological polar surface area (TPSA) is 35.2 Å². The quantitative estimate of drug-likeness (QED) is 0.930. The molecule has 0 saturated heterocycles. The van der Waals surface area contributed by atoms with Crippen molar-refractivity contribution >= 4 is 11.6 Å². The van der Waals surface area contributed by atoms with Gasteiger partial charge in [-0.1, -0.05) is 23.7 Å². The summed E-state index contributed by atoms with van der Waals surface area (Å²) in [6.45, 7) is 0. The van der Waals surface area contributed by atoms with Crippen LogP contribution in [0.15, 0.2) is 36.4 Å². The Labute approximate surface area is 121 Å². The highest BCUT2D eigenvalue weighted by Gasteiger charge is 2.12. The molecule has 0 aliphatic carbocycles. The summed E-state index contributed by atoms with van der Waals surface area (Å²) in [6.07, 6.45) is 0.389. The van der Waals surface area contributed by atoms with Crippen LogP contribution >= 0.6 is 11.6 Å². The lowest BCUT2D eigenvalue weighted by atomic mass is 9.99. The summed E-state index contributed by atoms with van der Waals surface area (Å²) in [5.41, 5.74) is 7.34. The molecule has 2 rings (SSSR count). The molecule has 1 atom stereocenters. The predicted molar refractivity (Wildman–Crippen MR) is 75.0 cm³/mol. The van der Waals surface area contributed by atoms with Crippen LogP contribution in [0.2, 0.25) is 5.02 Å². The average Bonchev–Trinajstić information content (AvgIpc) is 2.42. The first-order valence-electron chi connectivity index (χ1n) is 6.04. The Kier molecular flexibility index (Phi) is 4.57.